The van der Waals surface area contributed by atoms with Crippen molar-refractivity contribution < 1.29 is 0 Å². The van der Waals surface area contributed by atoms with Crippen LogP contribution in [-0.4, -0.2) is 9.13 Å². The van der Waals surface area contributed by atoms with Gasteiger partial charge in [-0.3, -0.25) is 0 Å². The smallest absolute Gasteiger partial charge is 0.0625 e. The summed E-state index contributed by atoms with van der Waals surface area (Å²) < 4.78 is 4.93. The molecule has 0 atom stereocenters. The maximum atomic E-state index is 2.49. The Morgan fingerprint density at radius 2 is 0.818 bits per heavy atom. The number of fused-ring (bicyclic) bond motifs is 13. The molecule has 204 valence electrons. The molecule has 0 N–H and O–H groups in total. The van der Waals surface area contributed by atoms with E-state index in [0.29, 0.717) is 0 Å². The molecule has 0 aliphatic carbocycles. The lowest BCUT2D eigenvalue weighted by molar-refractivity contribution is 1.17. The highest BCUT2D eigenvalue weighted by Crippen LogP contribution is 2.45. The lowest BCUT2D eigenvalue weighted by atomic mass is 9.96. The zero-order valence-electron chi connectivity index (χ0n) is 23.9. The Hall–Kier alpha value is -5.86. The summed E-state index contributed by atoms with van der Waals surface area (Å²) in [4.78, 5) is 0. The zero-order valence-corrected chi connectivity index (χ0v) is 23.9. The van der Waals surface area contributed by atoms with Crippen LogP contribution in [0.5, 0.6) is 0 Å². The second-order valence-corrected chi connectivity index (χ2v) is 11.7. The maximum Gasteiger partial charge on any atom is 0.0625 e. The van der Waals surface area contributed by atoms with Gasteiger partial charge >= 0.3 is 0 Å². The average molecular weight is 559 g/mol. The molecule has 0 radical (unpaired) electrons. The predicted octanol–water partition coefficient (Wildman–Crippen LogP) is 11.3. The van der Waals surface area contributed by atoms with E-state index in [9.17, 15) is 0 Å². The first kappa shape index (κ1) is 23.7. The summed E-state index contributed by atoms with van der Waals surface area (Å²) >= 11 is 0. The summed E-state index contributed by atoms with van der Waals surface area (Å²) in [6, 6.07) is 57.7. The fourth-order valence-electron chi connectivity index (χ4n) is 7.66. The van der Waals surface area contributed by atoms with E-state index >= 15 is 0 Å². The first-order valence-electron chi connectivity index (χ1n) is 15.2. The van der Waals surface area contributed by atoms with Crippen molar-refractivity contribution in [3.8, 4) is 11.4 Å². The average Bonchev–Trinajstić information content (AvgIpc) is 3.61. The second-order valence-electron chi connectivity index (χ2n) is 11.7. The molecule has 2 aromatic heterocycles. The minimum Gasteiger partial charge on any atom is -0.309 e. The molecule has 0 aliphatic rings. The normalized spacial score (nSPS) is 12.1. The van der Waals surface area contributed by atoms with Crippen molar-refractivity contribution in [1.82, 2.24) is 9.13 Å². The molecule has 0 saturated carbocycles. The minimum atomic E-state index is 1.17. The van der Waals surface area contributed by atoms with Crippen LogP contribution in [0.25, 0.3) is 87.3 Å². The summed E-state index contributed by atoms with van der Waals surface area (Å²) in [6.45, 7) is 0. The lowest BCUT2D eigenvalue weighted by Gasteiger charge is -2.12. The Morgan fingerprint density at radius 3 is 1.55 bits per heavy atom. The maximum absolute atomic E-state index is 2.49. The van der Waals surface area contributed by atoms with E-state index in [4.69, 9.17) is 0 Å². The Balaban J connectivity index is 1.52. The van der Waals surface area contributed by atoms with Crippen LogP contribution < -0.4 is 0 Å². The van der Waals surface area contributed by atoms with Crippen LogP contribution in [0.2, 0.25) is 0 Å². The van der Waals surface area contributed by atoms with E-state index in [-0.39, 0.29) is 0 Å². The Kier molecular flexibility index (Phi) is 4.75. The lowest BCUT2D eigenvalue weighted by Crippen LogP contribution is -1.96. The number of hydrogen-bond acceptors (Lipinski definition) is 0. The molecule has 0 bridgehead atoms. The SMILES string of the molecule is c1ccc(-n2c3cc4c(cc3c3c5ccccc5ccc32)c2c3ccccc3c3ccccc3c2n4-c2ccccc2)cc1. The highest BCUT2D eigenvalue weighted by Gasteiger charge is 2.22. The molecule has 10 aromatic rings. The quantitative estimate of drug-likeness (QED) is 0.187. The standard InChI is InChI=1S/C42H26N2/c1-3-14-28(15-4-1)43-37-24-23-27-13-7-8-18-30(27)40(37)35-25-36-39(26-38(35)43)44(29-16-5-2-6-17-29)42-34-22-12-10-20-32(34)31-19-9-11-21-33(31)41(36)42/h1-26H. The highest BCUT2D eigenvalue weighted by atomic mass is 15.0. The van der Waals surface area contributed by atoms with Gasteiger partial charge in [-0.1, -0.05) is 115 Å². The van der Waals surface area contributed by atoms with Crippen molar-refractivity contribution in [2.45, 2.75) is 0 Å². The van der Waals surface area contributed by atoms with Gasteiger partial charge in [-0.05, 0) is 69.4 Å². The largest absolute Gasteiger partial charge is 0.309 e. The van der Waals surface area contributed by atoms with Gasteiger partial charge in [0.1, 0.15) is 0 Å². The Morgan fingerprint density at radius 1 is 0.295 bits per heavy atom. The molecule has 0 saturated heterocycles. The number of nitrogens with zero attached hydrogens (tertiary/aromatic N) is 2. The summed E-state index contributed by atoms with van der Waals surface area (Å²) in [5, 5.41) is 12.8. The number of aromatic nitrogens is 2. The van der Waals surface area contributed by atoms with E-state index in [1.165, 1.54) is 87.3 Å². The summed E-state index contributed by atoms with van der Waals surface area (Å²) in [5.41, 5.74) is 7.24. The van der Waals surface area contributed by atoms with Gasteiger partial charge in [0, 0.05) is 38.3 Å². The highest BCUT2D eigenvalue weighted by molar-refractivity contribution is 6.34. The van der Waals surface area contributed by atoms with Gasteiger partial charge in [0.2, 0.25) is 0 Å². The van der Waals surface area contributed by atoms with Crippen molar-refractivity contribution in [3.05, 3.63) is 158 Å². The van der Waals surface area contributed by atoms with Gasteiger partial charge in [0.25, 0.3) is 0 Å². The third kappa shape index (κ3) is 3.09. The van der Waals surface area contributed by atoms with E-state index in [0.717, 1.165) is 0 Å². The summed E-state index contributed by atoms with van der Waals surface area (Å²) in [7, 11) is 0. The first-order chi connectivity index (χ1) is 21.9. The van der Waals surface area contributed by atoms with Gasteiger partial charge in [-0.2, -0.15) is 0 Å². The van der Waals surface area contributed by atoms with E-state index < -0.39 is 0 Å². The molecule has 0 fully saturated rings. The third-order valence-electron chi connectivity index (χ3n) is 9.44. The molecular weight excluding hydrogens is 532 g/mol. The van der Waals surface area contributed by atoms with Crippen LogP contribution in [0.1, 0.15) is 0 Å². The van der Waals surface area contributed by atoms with E-state index in [2.05, 4.69) is 167 Å². The molecule has 2 nitrogen and oxygen atoms in total. The van der Waals surface area contributed by atoms with Crippen molar-refractivity contribution in [2.24, 2.45) is 0 Å². The Labute approximate surface area is 253 Å². The number of hydrogen-bond donors (Lipinski definition) is 0. The molecule has 44 heavy (non-hydrogen) atoms. The first-order valence-corrected chi connectivity index (χ1v) is 15.2. The molecule has 0 amide bonds. The van der Waals surface area contributed by atoms with E-state index in [1.54, 1.807) is 0 Å². The fourth-order valence-corrected chi connectivity index (χ4v) is 7.66. The van der Waals surface area contributed by atoms with Crippen LogP contribution in [0, 0.1) is 0 Å². The van der Waals surface area contributed by atoms with Crippen LogP contribution >= 0.6 is 0 Å². The molecular formula is C42H26N2. The summed E-state index contributed by atoms with van der Waals surface area (Å²) in [5.74, 6) is 0. The Bertz CT molecular complexity index is 2750. The van der Waals surface area contributed by atoms with Gasteiger partial charge in [-0.25, -0.2) is 0 Å². The molecule has 10 rings (SSSR count). The molecule has 8 aromatic carbocycles. The molecule has 0 unspecified atom stereocenters. The van der Waals surface area contributed by atoms with Crippen LogP contribution in [0.4, 0.5) is 0 Å². The number of benzene rings is 8. The fraction of sp³-hybridized carbons (Fsp3) is 0. The van der Waals surface area contributed by atoms with Crippen molar-refractivity contribution in [2.75, 3.05) is 0 Å². The number of para-hydroxylation sites is 2. The van der Waals surface area contributed by atoms with Gasteiger partial charge < -0.3 is 9.13 Å². The summed E-state index contributed by atoms with van der Waals surface area (Å²) in [6.07, 6.45) is 0. The molecule has 2 heterocycles. The monoisotopic (exact) mass is 558 g/mol. The van der Waals surface area contributed by atoms with Crippen LogP contribution in [-0.2, 0) is 0 Å². The number of rotatable bonds is 2. The zero-order chi connectivity index (χ0) is 28.8. The molecule has 0 spiro atoms. The van der Waals surface area contributed by atoms with Crippen LogP contribution in [0.15, 0.2) is 158 Å². The topological polar surface area (TPSA) is 9.86 Å². The second kappa shape index (κ2) is 8.82. The molecule has 2 heteroatoms. The third-order valence-corrected chi connectivity index (χ3v) is 9.44. The minimum absolute atomic E-state index is 1.17. The predicted molar refractivity (Wildman–Crippen MR) is 188 cm³/mol. The van der Waals surface area contributed by atoms with E-state index in [1.807, 2.05) is 0 Å². The molecule has 0 aliphatic heterocycles. The van der Waals surface area contributed by atoms with Crippen molar-refractivity contribution >= 4 is 75.9 Å². The van der Waals surface area contributed by atoms with Crippen molar-refractivity contribution in [3.63, 3.8) is 0 Å². The van der Waals surface area contributed by atoms with Gasteiger partial charge in [0.15, 0.2) is 0 Å². The van der Waals surface area contributed by atoms with Gasteiger partial charge in [-0.15, -0.1) is 0 Å². The van der Waals surface area contributed by atoms with Crippen LogP contribution in [0.3, 0.4) is 0 Å². The van der Waals surface area contributed by atoms with Gasteiger partial charge in [0.05, 0.1) is 22.1 Å². The van der Waals surface area contributed by atoms with Crippen molar-refractivity contribution in [1.29, 1.82) is 0 Å².